The summed E-state index contributed by atoms with van der Waals surface area (Å²) in [6, 6.07) is 3.12. The summed E-state index contributed by atoms with van der Waals surface area (Å²) in [6.45, 7) is 19.3. The van der Waals surface area contributed by atoms with E-state index in [1.165, 1.54) is 6.42 Å². The van der Waals surface area contributed by atoms with Crippen LogP contribution in [0.25, 0.3) is 0 Å². The number of halogens is 5. The summed E-state index contributed by atoms with van der Waals surface area (Å²) < 4.78 is 73.7. The summed E-state index contributed by atoms with van der Waals surface area (Å²) >= 11 is 3.53. The van der Waals surface area contributed by atoms with Crippen molar-refractivity contribution >= 4 is 22.9 Å². The van der Waals surface area contributed by atoms with Gasteiger partial charge < -0.3 is 9.84 Å². The molecule has 3 aliphatic rings. The Hall–Kier alpha value is -1.36. The molecular weight excluding hydrogens is 614 g/mol. The highest BCUT2D eigenvalue weighted by Gasteiger charge is 2.65. The van der Waals surface area contributed by atoms with Gasteiger partial charge in [0.15, 0.2) is 0 Å². The van der Waals surface area contributed by atoms with Crippen molar-refractivity contribution in [3.05, 3.63) is 57.9 Å². The Morgan fingerprint density at radius 1 is 1.05 bits per heavy atom. The molecule has 252 valence electrons. The normalized spacial score (nSPS) is 27.4. The zero-order valence-corrected chi connectivity index (χ0v) is 29.6. The first-order valence-corrected chi connectivity index (χ1v) is 18.5. The Kier molecular flexibility index (Phi) is 9.87. The summed E-state index contributed by atoms with van der Waals surface area (Å²) in [5.41, 5.74) is 4.28. The lowest BCUT2D eigenvalue weighted by molar-refractivity contribution is -0.0842. The number of nitrogens with zero attached hydrogens (tertiary/aromatic N) is 1. The van der Waals surface area contributed by atoms with Crippen LogP contribution in [0.3, 0.4) is 0 Å². The monoisotopic (exact) mass is 665 g/mol. The van der Waals surface area contributed by atoms with Gasteiger partial charge in [-0.05, 0) is 84.3 Å². The molecule has 1 aromatic carbocycles. The van der Waals surface area contributed by atoms with Crippen LogP contribution in [0, 0.1) is 16.7 Å². The maximum absolute atomic E-state index is 13.4. The molecule has 2 aliphatic carbocycles. The molecule has 0 saturated heterocycles. The predicted octanol–water partition coefficient (Wildman–Crippen LogP) is 12.0. The molecule has 0 amide bonds. The van der Waals surface area contributed by atoms with E-state index in [2.05, 4.69) is 61.1 Å². The fraction of sp³-hybridized carbons (Fsp3) is 0.676. The number of ether oxygens (including phenoxy) is 1. The Morgan fingerprint density at radius 3 is 2.02 bits per heavy atom. The molecule has 2 heterocycles. The van der Waals surface area contributed by atoms with Crippen molar-refractivity contribution in [1.82, 2.24) is 4.98 Å². The number of aromatic nitrogens is 1. The minimum Gasteiger partial charge on any atom is -0.388 e. The van der Waals surface area contributed by atoms with Gasteiger partial charge >= 0.3 is 10.2 Å². The molecule has 44 heavy (non-hydrogen) atoms. The average molecular weight is 666 g/mol. The fourth-order valence-corrected chi connectivity index (χ4v) is 7.30. The van der Waals surface area contributed by atoms with Crippen molar-refractivity contribution in [3.63, 3.8) is 0 Å². The van der Waals surface area contributed by atoms with Gasteiger partial charge in [0.1, 0.15) is 11.0 Å². The Bertz CT molecular complexity index is 1340. The first kappa shape index (κ1) is 37.1. The number of aliphatic hydroxyl groups is 1. The maximum atomic E-state index is 13.4. The summed E-state index contributed by atoms with van der Waals surface area (Å²) in [7, 11) is -9.79. The third-order valence-electron chi connectivity index (χ3n) is 9.34. The standard InChI is InChI=1S/C27H34F5NO2S.C6H14.CH4S/c1-15(2)24-22-23(21-19(33-24)13-26(4,5)14-20(21)34)27(12-6-7-16(27)3)35-25(22)17-8-10-18(11-9-17)36(28,29,30,31)32;1-5-6(2,3)4;1-2/h8-11,15-16,20,25,34H,6-7,12-14H2,1-5H3;5H2,1-4H3;2H,1H3. The number of aliphatic hydroxyl groups excluding tert-OH is 1. The van der Waals surface area contributed by atoms with E-state index in [-0.39, 0.29) is 17.3 Å². The van der Waals surface area contributed by atoms with E-state index in [1.807, 2.05) is 13.8 Å². The second-order valence-electron chi connectivity index (χ2n) is 15.0. The van der Waals surface area contributed by atoms with E-state index in [1.54, 1.807) is 6.26 Å². The summed E-state index contributed by atoms with van der Waals surface area (Å²) in [6.07, 6.45) is 5.34. The molecule has 3 nitrogen and oxygen atoms in total. The smallest absolute Gasteiger partial charge is 0.310 e. The van der Waals surface area contributed by atoms with Gasteiger partial charge in [-0.25, -0.2) is 0 Å². The van der Waals surface area contributed by atoms with Gasteiger partial charge in [0.05, 0.1) is 11.7 Å². The van der Waals surface area contributed by atoms with Gasteiger partial charge in [0, 0.05) is 22.5 Å². The minimum absolute atomic E-state index is 0.00634. The third kappa shape index (κ3) is 7.60. The van der Waals surface area contributed by atoms with E-state index in [0.29, 0.717) is 36.0 Å². The Morgan fingerprint density at radius 2 is 1.59 bits per heavy atom. The Balaban J connectivity index is 0.000000593. The molecule has 1 fully saturated rings. The summed E-state index contributed by atoms with van der Waals surface area (Å²) in [5.74, 6) is 0.118. The molecule has 2 aromatic rings. The van der Waals surface area contributed by atoms with Crippen LogP contribution in [0.4, 0.5) is 19.4 Å². The van der Waals surface area contributed by atoms with Crippen LogP contribution in [-0.2, 0) is 16.8 Å². The molecule has 4 unspecified atom stereocenters. The van der Waals surface area contributed by atoms with Gasteiger partial charge in [-0.1, -0.05) is 100 Å². The van der Waals surface area contributed by atoms with Crippen molar-refractivity contribution in [1.29, 1.82) is 0 Å². The summed E-state index contributed by atoms with van der Waals surface area (Å²) in [5, 5.41) is 11.4. The van der Waals surface area contributed by atoms with Crippen LogP contribution < -0.4 is 0 Å². The fourth-order valence-electron chi connectivity index (χ4n) is 6.65. The molecular formula is C34H52F5NO2S2. The Labute approximate surface area is 266 Å². The molecule has 1 aromatic heterocycles. The van der Waals surface area contributed by atoms with Crippen molar-refractivity contribution < 1.29 is 29.3 Å². The topological polar surface area (TPSA) is 42.4 Å². The molecule has 10 heteroatoms. The number of rotatable bonds is 3. The molecule has 1 aliphatic heterocycles. The van der Waals surface area contributed by atoms with Crippen molar-refractivity contribution in [2.75, 3.05) is 6.26 Å². The highest BCUT2D eigenvalue weighted by atomic mass is 32.5. The maximum Gasteiger partial charge on any atom is 0.310 e. The third-order valence-corrected chi connectivity index (χ3v) is 10.5. The second kappa shape index (κ2) is 11.7. The summed E-state index contributed by atoms with van der Waals surface area (Å²) in [4.78, 5) is 3.12. The van der Waals surface area contributed by atoms with E-state index in [4.69, 9.17) is 9.72 Å². The number of hydrogen-bond acceptors (Lipinski definition) is 4. The van der Waals surface area contributed by atoms with Crippen molar-refractivity contribution in [2.45, 2.75) is 129 Å². The van der Waals surface area contributed by atoms with Crippen molar-refractivity contribution in [2.24, 2.45) is 16.7 Å². The van der Waals surface area contributed by atoms with Gasteiger partial charge in [-0.2, -0.15) is 12.6 Å². The lowest BCUT2D eigenvalue weighted by Gasteiger charge is -2.40. The van der Waals surface area contributed by atoms with Crippen LogP contribution in [0.1, 0.15) is 146 Å². The number of fused-ring (bicyclic) bond motifs is 4. The predicted molar refractivity (Wildman–Crippen MR) is 176 cm³/mol. The number of thiol groups is 1. The van der Waals surface area contributed by atoms with Crippen LogP contribution in [0.2, 0.25) is 0 Å². The van der Waals surface area contributed by atoms with Crippen LogP contribution in [0.15, 0.2) is 29.2 Å². The molecule has 1 N–H and O–H groups in total. The van der Waals surface area contributed by atoms with E-state index >= 15 is 0 Å². The molecule has 0 bridgehead atoms. The van der Waals surface area contributed by atoms with Gasteiger partial charge in [0.25, 0.3) is 0 Å². The lowest BCUT2D eigenvalue weighted by atomic mass is 9.69. The van der Waals surface area contributed by atoms with E-state index < -0.39 is 32.9 Å². The van der Waals surface area contributed by atoms with E-state index in [0.717, 1.165) is 59.5 Å². The average Bonchev–Trinajstić information content (AvgIpc) is 3.43. The zero-order valence-electron chi connectivity index (χ0n) is 27.9. The SMILES string of the molecule is CC(C)c1nc2c(c3c1C(c1ccc(S(F)(F)(F)(F)F)cc1)OC31CCCC1C)C(O)CC(C)(C)C2.CCC(C)(C)C.CS. The highest BCUT2D eigenvalue weighted by molar-refractivity contribution is 8.45. The quantitative estimate of drug-likeness (QED) is 0.253. The minimum atomic E-state index is -9.79. The lowest BCUT2D eigenvalue weighted by Crippen LogP contribution is -2.34. The van der Waals surface area contributed by atoms with Crippen molar-refractivity contribution in [3.8, 4) is 0 Å². The van der Waals surface area contributed by atoms with Crippen LogP contribution >= 0.6 is 22.9 Å². The largest absolute Gasteiger partial charge is 0.388 e. The van der Waals surface area contributed by atoms with Gasteiger partial charge in [-0.15, -0.1) is 0 Å². The van der Waals surface area contributed by atoms with Crippen LogP contribution in [0.5, 0.6) is 0 Å². The number of benzene rings is 1. The zero-order chi connectivity index (χ0) is 33.7. The van der Waals surface area contributed by atoms with Gasteiger partial charge in [-0.3, -0.25) is 4.98 Å². The van der Waals surface area contributed by atoms with Gasteiger partial charge in [0.2, 0.25) is 0 Å². The first-order chi connectivity index (χ1) is 19.9. The molecule has 1 spiro atoms. The first-order valence-electron chi connectivity index (χ1n) is 15.6. The molecule has 5 rings (SSSR count). The number of hydrogen-bond donors (Lipinski definition) is 2. The highest BCUT2D eigenvalue weighted by Crippen LogP contribution is 3.02. The van der Waals surface area contributed by atoms with Crippen LogP contribution in [-0.4, -0.2) is 16.3 Å². The number of pyridine rings is 1. The molecule has 1 saturated carbocycles. The molecule has 0 radical (unpaired) electrons. The van der Waals surface area contributed by atoms with E-state index in [9.17, 15) is 24.5 Å². The second-order valence-corrected chi connectivity index (χ2v) is 17.4. The molecule has 4 atom stereocenters.